The van der Waals surface area contributed by atoms with E-state index in [1.165, 1.54) is 17.4 Å². The van der Waals surface area contributed by atoms with Gasteiger partial charge in [0.05, 0.1) is 15.9 Å². The van der Waals surface area contributed by atoms with E-state index in [1.807, 2.05) is 73.7 Å². The maximum absolute atomic E-state index is 8.38. The summed E-state index contributed by atoms with van der Waals surface area (Å²) in [5, 5.41) is 2.18. The first-order chi connectivity index (χ1) is 20.6. The minimum atomic E-state index is -2.66. The lowest BCUT2D eigenvalue weighted by atomic mass is 9.96. The molecule has 170 valence electrons. The first kappa shape index (κ1) is 13.9. The molecule has 0 N–H and O–H groups in total. The van der Waals surface area contributed by atoms with Crippen molar-refractivity contribution in [3.05, 3.63) is 107 Å². The highest BCUT2D eigenvalue weighted by molar-refractivity contribution is 7.22. The molecule has 0 aliphatic rings. The summed E-state index contributed by atoms with van der Waals surface area (Å²) >= 11 is 1.36. The molecule has 0 radical (unpaired) electrons. The van der Waals surface area contributed by atoms with Gasteiger partial charge in [-0.2, -0.15) is 0 Å². The van der Waals surface area contributed by atoms with Gasteiger partial charge in [0.25, 0.3) is 0 Å². The minimum absolute atomic E-state index is 0.212. The zero-order chi connectivity index (χ0) is 31.6. The molecule has 0 bridgehead atoms. The van der Waals surface area contributed by atoms with Gasteiger partial charge in [-0.1, -0.05) is 66.7 Å². The molecular weight excluding hydrogens is 444 g/mol. The fourth-order valence-electron chi connectivity index (χ4n) is 4.55. The van der Waals surface area contributed by atoms with E-state index in [-0.39, 0.29) is 16.7 Å². The molecule has 0 aliphatic heterocycles. The van der Waals surface area contributed by atoms with Gasteiger partial charge in [-0.3, -0.25) is 4.98 Å². The average Bonchev–Trinajstić information content (AvgIpc) is 3.39. The molecule has 0 saturated heterocycles. The fraction of sp³-hybridized carbons (Fsp3) is 0.125. The van der Waals surface area contributed by atoms with Crippen molar-refractivity contribution in [3.63, 3.8) is 0 Å². The summed E-state index contributed by atoms with van der Waals surface area (Å²) in [5.41, 5.74) is 4.30. The molecule has 0 atom stereocenters. The standard InChI is InChI=1S/C32H26N2S/c1-19-17-28(33-18-22(19)4)26-12-8-11-24-13-14-27-31(30(24)26)35-32(34-27)29-20(2)15-25(16-21(29)3)23-9-6-5-7-10-23/h5-18H,1-4H3/i1D3,2D3,4D3. The van der Waals surface area contributed by atoms with Crippen LogP contribution >= 0.6 is 11.3 Å². The summed E-state index contributed by atoms with van der Waals surface area (Å²) in [6, 6.07) is 24.0. The van der Waals surface area contributed by atoms with E-state index in [4.69, 9.17) is 17.3 Å². The molecule has 3 heteroatoms. The van der Waals surface area contributed by atoms with Crippen LogP contribution in [0.2, 0.25) is 0 Å². The zero-order valence-electron chi connectivity index (χ0n) is 27.9. The number of aromatic nitrogens is 2. The van der Waals surface area contributed by atoms with Crippen molar-refractivity contribution >= 4 is 32.3 Å². The predicted molar refractivity (Wildman–Crippen MR) is 150 cm³/mol. The van der Waals surface area contributed by atoms with Gasteiger partial charge >= 0.3 is 0 Å². The number of rotatable bonds is 3. The van der Waals surface area contributed by atoms with E-state index in [1.54, 1.807) is 6.07 Å². The second-order valence-corrected chi connectivity index (χ2v) is 9.53. The number of fused-ring (bicyclic) bond motifs is 3. The Hall–Kier alpha value is -3.82. The van der Waals surface area contributed by atoms with Crippen molar-refractivity contribution < 1.29 is 12.3 Å². The summed E-state index contributed by atoms with van der Waals surface area (Å²) < 4.78 is 73.4. The van der Waals surface area contributed by atoms with E-state index in [2.05, 4.69) is 4.98 Å². The third-order valence-corrected chi connectivity index (χ3v) is 7.34. The van der Waals surface area contributed by atoms with Crippen LogP contribution in [-0.2, 0) is 0 Å². The highest BCUT2D eigenvalue weighted by Gasteiger charge is 2.17. The molecule has 2 nitrogen and oxygen atoms in total. The van der Waals surface area contributed by atoms with E-state index < -0.39 is 20.6 Å². The third-order valence-electron chi connectivity index (χ3n) is 6.23. The fourth-order valence-corrected chi connectivity index (χ4v) is 5.81. The van der Waals surface area contributed by atoms with Crippen LogP contribution in [-0.4, -0.2) is 9.97 Å². The lowest BCUT2D eigenvalue weighted by Gasteiger charge is -2.11. The van der Waals surface area contributed by atoms with Crippen LogP contribution in [0.25, 0.3) is 53.9 Å². The Morgan fingerprint density at radius 3 is 2.40 bits per heavy atom. The van der Waals surface area contributed by atoms with Gasteiger partial charge in [0.1, 0.15) is 5.01 Å². The summed E-state index contributed by atoms with van der Waals surface area (Å²) in [5.74, 6) is 0. The van der Waals surface area contributed by atoms with Crippen LogP contribution in [0.3, 0.4) is 0 Å². The van der Waals surface area contributed by atoms with E-state index in [0.29, 0.717) is 27.3 Å². The van der Waals surface area contributed by atoms with Gasteiger partial charge in [0, 0.05) is 35.0 Å². The normalized spacial score (nSPS) is 16.3. The lowest BCUT2D eigenvalue weighted by Crippen LogP contribution is -1.90. The van der Waals surface area contributed by atoms with Gasteiger partial charge in [0.15, 0.2) is 0 Å². The Morgan fingerprint density at radius 1 is 0.743 bits per heavy atom. The topological polar surface area (TPSA) is 25.8 Å². The van der Waals surface area contributed by atoms with Gasteiger partial charge in [0.2, 0.25) is 0 Å². The monoisotopic (exact) mass is 479 g/mol. The van der Waals surface area contributed by atoms with E-state index >= 15 is 0 Å². The highest BCUT2D eigenvalue weighted by Crippen LogP contribution is 2.41. The maximum atomic E-state index is 8.38. The van der Waals surface area contributed by atoms with Gasteiger partial charge in [-0.05, 0) is 78.4 Å². The molecule has 4 aromatic carbocycles. The average molecular weight is 480 g/mol. The molecule has 0 saturated carbocycles. The van der Waals surface area contributed by atoms with Crippen LogP contribution in [0.1, 0.15) is 34.6 Å². The van der Waals surface area contributed by atoms with Crippen LogP contribution in [0.5, 0.6) is 0 Å². The van der Waals surface area contributed by atoms with Crippen molar-refractivity contribution in [1.82, 2.24) is 9.97 Å². The van der Waals surface area contributed by atoms with Crippen LogP contribution in [0, 0.1) is 27.5 Å². The number of thiazole rings is 1. The van der Waals surface area contributed by atoms with Crippen molar-refractivity contribution in [2.24, 2.45) is 0 Å². The van der Waals surface area contributed by atoms with Crippen LogP contribution in [0.4, 0.5) is 0 Å². The number of benzene rings is 4. The highest BCUT2D eigenvalue weighted by atomic mass is 32.1. The number of aryl methyl sites for hydroxylation is 4. The summed E-state index contributed by atoms with van der Waals surface area (Å²) in [6.07, 6.45) is 1.13. The van der Waals surface area contributed by atoms with Gasteiger partial charge in [-0.15, -0.1) is 11.3 Å². The molecule has 0 aliphatic carbocycles. The Kier molecular flexibility index (Phi) is 3.35. The molecule has 0 spiro atoms. The summed E-state index contributed by atoms with van der Waals surface area (Å²) in [7, 11) is 0. The molecule has 0 amide bonds. The molecule has 6 rings (SSSR count). The first-order valence-electron chi connectivity index (χ1n) is 15.7. The first-order valence-corrected chi connectivity index (χ1v) is 12.0. The smallest absolute Gasteiger partial charge is 0.125 e. The predicted octanol–water partition coefficient (Wildman–Crippen LogP) is 9.08. The number of nitrogens with zero attached hydrogens (tertiary/aromatic N) is 2. The van der Waals surface area contributed by atoms with Crippen molar-refractivity contribution in [1.29, 1.82) is 0 Å². The summed E-state index contributed by atoms with van der Waals surface area (Å²) in [4.78, 5) is 9.30. The third kappa shape index (κ3) is 3.73. The second-order valence-electron chi connectivity index (χ2n) is 8.53. The quantitative estimate of drug-likeness (QED) is 0.253. The number of pyridine rings is 1. The van der Waals surface area contributed by atoms with Crippen molar-refractivity contribution in [3.8, 4) is 33.0 Å². The Morgan fingerprint density at radius 2 is 1.57 bits per heavy atom. The molecule has 2 heterocycles. The Bertz CT molecular complexity index is 2040. The van der Waals surface area contributed by atoms with Gasteiger partial charge in [-0.25, -0.2) is 4.98 Å². The summed E-state index contributed by atoms with van der Waals surface area (Å²) in [6.45, 7) is -5.80. The second kappa shape index (κ2) is 8.44. The Labute approximate surface area is 222 Å². The molecular formula is C32H26N2S. The van der Waals surface area contributed by atoms with Gasteiger partial charge < -0.3 is 0 Å². The molecule has 2 aromatic heterocycles. The number of hydrogen-bond donors (Lipinski definition) is 0. The molecule has 35 heavy (non-hydrogen) atoms. The zero-order valence-corrected chi connectivity index (χ0v) is 19.7. The molecule has 6 aromatic rings. The van der Waals surface area contributed by atoms with Crippen molar-refractivity contribution in [2.45, 2.75) is 27.5 Å². The molecule has 0 fully saturated rings. The van der Waals surface area contributed by atoms with Crippen molar-refractivity contribution in [2.75, 3.05) is 0 Å². The maximum Gasteiger partial charge on any atom is 0.125 e. The lowest BCUT2D eigenvalue weighted by molar-refractivity contribution is 1.22. The molecule has 0 unspecified atom stereocenters. The van der Waals surface area contributed by atoms with Crippen LogP contribution in [0.15, 0.2) is 85.1 Å². The van der Waals surface area contributed by atoms with E-state index in [9.17, 15) is 0 Å². The van der Waals surface area contributed by atoms with Crippen LogP contribution < -0.4 is 0 Å². The minimum Gasteiger partial charge on any atom is -0.256 e. The SMILES string of the molecule is [2H]C([2H])([2H])c1cnc(-c2cccc3ccc4nc(-c5c(C)cc(-c6ccccc6)cc5C([2H])([2H])[2H])sc4c23)cc1C([2H])([2H])[2H]. The number of hydrogen-bond acceptors (Lipinski definition) is 3. The largest absolute Gasteiger partial charge is 0.256 e. The van der Waals surface area contributed by atoms with E-state index in [0.717, 1.165) is 38.4 Å². The Balaban J connectivity index is 1.59.